The van der Waals surface area contributed by atoms with E-state index in [9.17, 15) is 4.79 Å². The molecule has 1 aliphatic heterocycles. The van der Waals surface area contributed by atoms with Crippen LogP contribution < -0.4 is 16.0 Å². The van der Waals surface area contributed by atoms with Gasteiger partial charge in [-0.3, -0.25) is 9.89 Å². The molecular weight excluding hydrogens is 318 g/mol. The van der Waals surface area contributed by atoms with Gasteiger partial charge in [-0.25, -0.2) is 4.79 Å². The highest BCUT2D eigenvalue weighted by Crippen LogP contribution is 2.17. The number of carbonyl (C=O) groups is 1. The summed E-state index contributed by atoms with van der Waals surface area (Å²) in [5.74, 6) is 1.60. The molecule has 1 rings (SSSR count). The van der Waals surface area contributed by atoms with E-state index in [2.05, 4.69) is 39.7 Å². The van der Waals surface area contributed by atoms with Gasteiger partial charge in [0, 0.05) is 32.7 Å². The third kappa shape index (κ3) is 9.53. The van der Waals surface area contributed by atoms with Crippen molar-refractivity contribution in [1.82, 2.24) is 20.9 Å². The van der Waals surface area contributed by atoms with E-state index >= 15 is 0 Å². The second kappa shape index (κ2) is 10.5. The molecule has 0 bridgehead atoms. The smallest absolute Gasteiger partial charge is 0.407 e. The minimum atomic E-state index is -0.475. The fourth-order valence-corrected chi connectivity index (χ4v) is 2.72. The Morgan fingerprint density at radius 2 is 1.80 bits per heavy atom. The maximum atomic E-state index is 11.6. The third-order valence-corrected chi connectivity index (χ3v) is 4.32. The SMILES string of the molecule is CN=C(NCCNC(=O)OC(C)(C)C)NCC(C)N1CCC(C)CC1. The van der Waals surface area contributed by atoms with Crippen molar-refractivity contribution in [1.29, 1.82) is 0 Å². The van der Waals surface area contributed by atoms with Gasteiger partial charge in [0.25, 0.3) is 0 Å². The van der Waals surface area contributed by atoms with Crippen molar-refractivity contribution in [2.45, 2.75) is 59.1 Å². The zero-order valence-electron chi connectivity index (χ0n) is 16.8. The Labute approximate surface area is 153 Å². The van der Waals surface area contributed by atoms with Crippen molar-refractivity contribution in [3.05, 3.63) is 0 Å². The van der Waals surface area contributed by atoms with Crippen molar-refractivity contribution in [2.24, 2.45) is 10.9 Å². The number of hydrogen-bond acceptors (Lipinski definition) is 4. The molecule has 0 aromatic heterocycles. The van der Waals surface area contributed by atoms with Crippen LogP contribution in [0.4, 0.5) is 4.79 Å². The molecule has 1 heterocycles. The first-order valence-electron chi connectivity index (χ1n) is 9.36. The van der Waals surface area contributed by atoms with Gasteiger partial charge in [-0.05, 0) is 59.5 Å². The van der Waals surface area contributed by atoms with Gasteiger partial charge < -0.3 is 20.7 Å². The molecule has 146 valence electrons. The van der Waals surface area contributed by atoms with Crippen molar-refractivity contribution in [3.8, 4) is 0 Å². The van der Waals surface area contributed by atoms with Crippen LogP contribution in [0.2, 0.25) is 0 Å². The highest BCUT2D eigenvalue weighted by atomic mass is 16.6. The van der Waals surface area contributed by atoms with Crippen LogP contribution in [0.1, 0.15) is 47.5 Å². The molecule has 0 saturated carbocycles. The van der Waals surface area contributed by atoms with Gasteiger partial charge in [-0.1, -0.05) is 6.92 Å². The number of likely N-dealkylation sites (tertiary alicyclic amines) is 1. The van der Waals surface area contributed by atoms with E-state index in [0.717, 1.165) is 18.4 Å². The lowest BCUT2D eigenvalue weighted by Crippen LogP contribution is -2.49. The van der Waals surface area contributed by atoms with Crippen LogP contribution in [0.25, 0.3) is 0 Å². The molecule has 0 spiro atoms. The predicted molar refractivity (Wildman–Crippen MR) is 103 cm³/mol. The normalized spacial score (nSPS) is 18.6. The number of guanidine groups is 1. The zero-order chi connectivity index (χ0) is 18.9. The Bertz CT molecular complexity index is 426. The summed E-state index contributed by atoms with van der Waals surface area (Å²) in [6.45, 7) is 14.4. The third-order valence-electron chi connectivity index (χ3n) is 4.32. The monoisotopic (exact) mass is 355 g/mol. The first-order valence-corrected chi connectivity index (χ1v) is 9.36. The summed E-state index contributed by atoms with van der Waals surface area (Å²) in [4.78, 5) is 18.3. The molecule has 3 N–H and O–H groups in total. The van der Waals surface area contributed by atoms with Crippen LogP contribution in [0, 0.1) is 5.92 Å². The minimum Gasteiger partial charge on any atom is -0.444 e. The van der Waals surface area contributed by atoms with Gasteiger partial charge in [-0.15, -0.1) is 0 Å². The number of alkyl carbamates (subject to hydrolysis) is 1. The van der Waals surface area contributed by atoms with Crippen molar-refractivity contribution in [2.75, 3.05) is 39.8 Å². The maximum Gasteiger partial charge on any atom is 0.407 e. The molecule has 0 aliphatic carbocycles. The molecule has 7 nitrogen and oxygen atoms in total. The largest absolute Gasteiger partial charge is 0.444 e. The number of aliphatic imine (C=N–C) groups is 1. The lowest BCUT2D eigenvalue weighted by Gasteiger charge is -2.35. The lowest BCUT2D eigenvalue weighted by molar-refractivity contribution is 0.0529. The fraction of sp³-hybridized carbons (Fsp3) is 0.889. The molecule has 0 aromatic rings. The molecule has 0 radical (unpaired) electrons. The van der Waals surface area contributed by atoms with Gasteiger partial charge in [0.05, 0.1) is 0 Å². The fourth-order valence-electron chi connectivity index (χ4n) is 2.72. The summed E-state index contributed by atoms with van der Waals surface area (Å²) in [5, 5.41) is 9.29. The maximum absolute atomic E-state index is 11.6. The van der Waals surface area contributed by atoms with E-state index in [-0.39, 0.29) is 0 Å². The van der Waals surface area contributed by atoms with Gasteiger partial charge in [-0.2, -0.15) is 0 Å². The molecular formula is C18H37N5O2. The van der Waals surface area contributed by atoms with Crippen LogP contribution >= 0.6 is 0 Å². The zero-order valence-corrected chi connectivity index (χ0v) is 16.8. The van der Waals surface area contributed by atoms with Crippen molar-refractivity contribution >= 4 is 12.1 Å². The summed E-state index contributed by atoms with van der Waals surface area (Å²) in [5.41, 5.74) is -0.475. The highest BCUT2D eigenvalue weighted by molar-refractivity contribution is 5.79. The first kappa shape index (κ1) is 21.5. The number of ether oxygens (including phenoxy) is 1. The van der Waals surface area contributed by atoms with Gasteiger partial charge >= 0.3 is 6.09 Å². The van der Waals surface area contributed by atoms with Gasteiger partial charge in [0.1, 0.15) is 5.60 Å². The number of piperidine rings is 1. The predicted octanol–water partition coefficient (Wildman–Crippen LogP) is 1.80. The Balaban J connectivity index is 2.19. The molecule has 25 heavy (non-hydrogen) atoms. The summed E-state index contributed by atoms with van der Waals surface area (Å²) < 4.78 is 5.20. The van der Waals surface area contributed by atoms with E-state index in [1.165, 1.54) is 25.9 Å². The molecule has 1 aliphatic rings. The average Bonchev–Trinajstić information content (AvgIpc) is 2.53. The van der Waals surface area contributed by atoms with Crippen molar-refractivity contribution < 1.29 is 9.53 Å². The molecule has 1 saturated heterocycles. The van der Waals surface area contributed by atoms with Crippen LogP contribution in [0.5, 0.6) is 0 Å². The molecule has 1 amide bonds. The van der Waals surface area contributed by atoms with Gasteiger partial charge in [0.15, 0.2) is 5.96 Å². The Morgan fingerprint density at radius 3 is 2.36 bits per heavy atom. The number of rotatable bonds is 6. The Kier molecular flexibility index (Phi) is 9.03. The molecule has 1 fully saturated rings. The standard InChI is InChI=1S/C18H37N5O2/c1-14-7-11-23(12-8-14)15(2)13-22-16(19-6)20-9-10-21-17(24)25-18(3,4)5/h14-15H,7-13H2,1-6H3,(H,21,24)(H2,19,20,22). The summed E-state index contributed by atoms with van der Waals surface area (Å²) in [6.07, 6.45) is 2.17. The second-order valence-electron chi connectivity index (χ2n) is 7.88. The summed E-state index contributed by atoms with van der Waals surface area (Å²) in [7, 11) is 1.75. The number of carbonyl (C=O) groups excluding carboxylic acids is 1. The van der Waals surface area contributed by atoms with Crippen LogP contribution in [-0.2, 0) is 4.74 Å². The number of hydrogen-bond donors (Lipinski definition) is 3. The first-order chi connectivity index (χ1) is 11.7. The Morgan fingerprint density at radius 1 is 1.20 bits per heavy atom. The van der Waals surface area contributed by atoms with Crippen LogP contribution in [0.15, 0.2) is 4.99 Å². The second-order valence-corrected chi connectivity index (χ2v) is 7.88. The van der Waals surface area contributed by atoms with E-state index in [1.807, 2.05) is 20.8 Å². The van der Waals surface area contributed by atoms with E-state index in [4.69, 9.17) is 4.74 Å². The number of amides is 1. The van der Waals surface area contributed by atoms with Gasteiger partial charge in [0.2, 0.25) is 0 Å². The van der Waals surface area contributed by atoms with E-state index in [0.29, 0.717) is 19.1 Å². The topological polar surface area (TPSA) is 78.0 Å². The number of nitrogens with one attached hydrogen (secondary N) is 3. The summed E-state index contributed by atoms with van der Waals surface area (Å²) >= 11 is 0. The summed E-state index contributed by atoms with van der Waals surface area (Å²) in [6, 6.07) is 0.478. The van der Waals surface area contributed by atoms with Crippen LogP contribution in [0.3, 0.4) is 0 Å². The Hall–Kier alpha value is -1.50. The molecule has 1 unspecified atom stereocenters. The quantitative estimate of drug-likeness (QED) is 0.385. The average molecular weight is 356 g/mol. The highest BCUT2D eigenvalue weighted by Gasteiger charge is 2.20. The van der Waals surface area contributed by atoms with E-state index in [1.54, 1.807) is 7.05 Å². The number of nitrogens with zero attached hydrogens (tertiary/aromatic N) is 2. The molecule has 7 heteroatoms. The molecule has 0 aromatic carbocycles. The van der Waals surface area contributed by atoms with E-state index < -0.39 is 11.7 Å². The van der Waals surface area contributed by atoms with Crippen molar-refractivity contribution in [3.63, 3.8) is 0 Å². The van der Waals surface area contributed by atoms with Crippen LogP contribution in [-0.4, -0.2) is 68.4 Å². The lowest BCUT2D eigenvalue weighted by atomic mass is 9.98. The molecule has 1 atom stereocenters. The minimum absolute atomic E-state index is 0.398.